The van der Waals surface area contributed by atoms with Crippen LogP contribution in [0, 0.1) is 6.92 Å². The van der Waals surface area contributed by atoms with Gasteiger partial charge >= 0.3 is 0 Å². The van der Waals surface area contributed by atoms with Crippen LogP contribution in [0.4, 0.5) is 0 Å². The molecule has 16 heavy (non-hydrogen) atoms. The molecular weight excluding hydrogens is 220 g/mol. The maximum absolute atomic E-state index is 10.1. The third-order valence-electron chi connectivity index (χ3n) is 2.45. The van der Waals surface area contributed by atoms with Crippen LogP contribution in [0.1, 0.15) is 34.8 Å². The summed E-state index contributed by atoms with van der Waals surface area (Å²) in [6.45, 7) is 5.05. The second-order valence-corrected chi connectivity index (χ2v) is 5.21. The molecule has 0 aliphatic carbocycles. The third-order valence-corrected chi connectivity index (χ3v) is 3.51. The van der Waals surface area contributed by atoms with Crippen LogP contribution in [0.5, 0.6) is 0 Å². The number of nitrogens with zero attached hydrogens (tertiary/aromatic N) is 2. The number of aliphatic hydroxyl groups excluding tert-OH is 1. The summed E-state index contributed by atoms with van der Waals surface area (Å²) in [5.74, 6) is 0. The Morgan fingerprint density at radius 2 is 2.31 bits per heavy atom. The van der Waals surface area contributed by atoms with Gasteiger partial charge in [-0.3, -0.25) is 4.68 Å². The van der Waals surface area contributed by atoms with Gasteiger partial charge in [0.15, 0.2) is 0 Å². The lowest BCUT2D eigenvalue weighted by atomic mass is 10.2. The zero-order valence-electron chi connectivity index (χ0n) is 9.55. The molecule has 0 radical (unpaired) electrons. The Hall–Kier alpha value is -1.13. The van der Waals surface area contributed by atoms with Gasteiger partial charge in [-0.05, 0) is 25.5 Å². The summed E-state index contributed by atoms with van der Waals surface area (Å²) in [6, 6.07) is 4.00. The van der Waals surface area contributed by atoms with Crippen molar-refractivity contribution in [3.8, 4) is 0 Å². The number of hydrogen-bond donors (Lipinski definition) is 1. The fraction of sp³-hybridized carbons (Fsp3) is 0.417. The highest BCUT2D eigenvalue weighted by atomic mass is 32.1. The minimum atomic E-state index is -0.538. The highest BCUT2D eigenvalue weighted by molar-refractivity contribution is 7.12. The predicted octanol–water partition coefficient (Wildman–Crippen LogP) is 2.74. The molecule has 0 aliphatic rings. The van der Waals surface area contributed by atoms with E-state index in [9.17, 15) is 5.11 Å². The Morgan fingerprint density at radius 3 is 2.94 bits per heavy atom. The molecular formula is C12H16N2OS. The van der Waals surface area contributed by atoms with Crippen molar-refractivity contribution in [1.29, 1.82) is 0 Å². The van der Waals surface area contributed by atoms with Crippen LogP contribution in [-0.4, -0.2) is 14.9 Å². The van der Waals surface area contributed by atoms with Gasteiger partial charge in [0.05, 0.1) is 6.20 Å². The molecule has 2 aromatic rings. The molecule has 0 fully saturated rings. The van der Waals surface area contributed by atoms with Crippen LogP contribution >= 0.6 is 11.3 Å². The summed E-state index contributed by atoms with van der Waals surface area (Å²) >= 11 is 1.63. The lowest BCUT2D eigenvalue weighted by Crippen LogP contribution is -1.97. The van der Waals surface area contributed by atoms with Crippen molar-refractivity contribution in [3.05, 3.63) is 39.8 Å². The van der Waals surface area contributed by atoms with Crippen molar-refractivity contribution in [2.24, 2.45) is 0 Å². The molecule has 0 bridgehead atoms. The summed E-state index contributed by atoms with van der Waals surface area (Å²) < 4.78 is 1.87. The third kappa shape index (κ3) is 2.33. The van der Waals surface area contributed by atoms with Gasteiger partial charge in [-0.25, -0.2) is 0 Å². The van der Waals surface area contributed by atoms with E-state index >= 15 is 0 Å². The maximum atomic E-state index is 10.1. The van der Waals surface area contributed by atoms with Gasteiger partial charge in [0.25, 0.3) is 0 Å². The topological polar surface area (TPSA) is 38.0 Å². The largest absolute Gasteiger partial charge is 0.383 e. The zero-order chi connectivity index (χ0) is 11.5. The lowest BCUT2D eigenvalue weighted by molar-refractivity contribution is 0.224. The normalized spacial score (nSPS) is 12.9. The van der Waals surface area contributed by atoms with E-state index in [-0.39, 0.29) is 0 Å². The van der Waals surface area contributed by atoms with Crippen molar-refractivity contribution in [3.63, 3.8) is 0 Å². The summed E-state index contributed by atoms with van der Waals surface area (Å²) in [5.41, 5.74) is 0.871. The summed E-state index contributed by atoms with van der Waals surface area (Å²) in [6.07, 6.45) is 4.18. The van der Waals surface area contributed by atoms with E-state index in [4.69, 9.17) is 0 Å². The first kappa shape index (κ1) is 11.4. The monoisotopic (exact) mass is 236 g/mol. The molecule has 2 heterocycles. The van der Waals surface area contributed by atoms with Crippen LogP contribution in [0.2, 0.25) is 0 Å². The van der Waals surface area contributed by atoms with Crippen molar-refractivity contribution < 1.29 is 5.11 Å². The quantitative estimate of drug-likeness (QED) is 0.886. The van der Waals surface area contributed by atoms with Crippen LogP contribution < -0.4 is 0 Å². The molecule has 0 aliphatic heterocycles. The molecule has 1 unspecified atom stereocenters. The van der Waals surface area contributed by atoms with Gasteiger partial charge in [-0.15, -0.1) is 11.3 Å². The van der Waals surface area contributed by atoms with Gasteiger partial charge < -0.3 is 5.11 Å². The Kier molecular flexibility index (Phi) is 3.41. The molecule has 0 saturated carbocycles. The number of hydrogen-bond acceptors (Lipinski definition) is 3. The smallest absolute Gasteiger partial charge is 0.116 e. The van der Waals surface area contributed by atoms with Crippen LogP contribution in [0.3, 0.4) is 0 Å². The SMILES string of the molecule is CCCn1cc(C(O)c2ccc(C)s2)cn1. The lowest BCUT2D eigenvalue weighted by Gasteiger charge is -2.04. The molecule has 1 N–H and O–H groups in total. The summed E-state index contributed by atoms with van der Waals surface area (Å²) in [4.78, 5) is 2.20. The van der Waals surface area contributed by atoms with Crippen molar-refractivity contribution >= 4 is 11.3 Å². The first-order chi connectivity index (χ1) is 7.70. The van der Waals surface area contributed by atoms with E-state index in [0.29, 0.717) is 0 Å². The van der Waals surface area contributed by atoms with E-state index in [1.807, 2.05) is 29.9 Å². The Balaban J connectivity index is 2.17. The predicted molar refractivity (Wildman–Crippen MR) is 65.6 cm³/mol. The summed E-state index contributed by atoms with van der Waals surface area (Å²) in [5, 5.41) is 14.4. The molecule has 3 nitrogen and oxygen atoms in total. The van der Waals surface area contributed by atoms with Gasteiger partial charge in [-0.2, -0.15) is 5.10 Å². The molecule has 0 spiro atoms. The zero-order valence-corrected chi connectivity index (χ0v) is 10.4. The molecule has 86 valence electrons. The van der Waals surface area contributed by atoms with Gasteiger partial charge in [0, 0.05) is 28.1 Å². The van der Waals surface area contributed by atoms with Crippen molar-refractivity contribution in [2.45, 2.75) is 32.9 Å². The number of rotatable bonds is 4. The van der Waals surface area contributed by atoms with Crippen LogP contribution in [0.15, 0.2) is 24.5 Å². The molecule has 0 saturated heterocycles. The van der Waals surface area contributed by atoms with Crippen molar-refractivity contribution in [2.75, 3.05) is 0 Å². The van der Waals surface area contributed by atoms with Crippen LogP contribution in [-0.2, 0) is 6.54 Å². The maximum Gasteiger partial charge on any atom is 0.116 e. The second kappa shape index (κ2) is 4.80. The number of aromatic nitrogens is 2. The average Bonchev–Trinajstić information content (AvgIpc) is 2.87. The molecule has 4 heteroatoms. The number of thiophene rings is 1. The van der Waals surface area contributed by atoms with E-state index in [0.717, 1.165) is 23.4 Å². The van der Waals surface area contributed by atoms with E-state index in [2.05, 4.69) is 12.0 Å². The van der Waals surface area contributed by atoms with Crippen LogP contribution in [0.25, 0.3) is 0 Å². The van der Waals surface area contributed by atoms with Gasteiger partial charge in [0.1, 0.15) is 6.10 Å². The highest BCUT2D eigenvalue weighted by Crippen LogP contribution is 2.27. The Morgan fingerprint density at radius 1 is 1.50 bits per heavy atom. The van der Waals surface area contributed by atoms with Crippen molar-refractivity contribution in [1.82, 2.24) is 9.78 Å². The number of aryl methyl sites for hydroxylation is 2. The number of aliphatic hydroxyl groups is 1. The Bertz CT molecular complexity index is 461. The molecule has 1 atom stereocenters. The van der Waals surface area contributed by atoms with E-state index in [1.54, 1.807) is 17.5 Å². The highest BCUT2D eigenvalue weighted by Gasteiger charge is 2.14. The first-order valence-corrected chi connectivity index (χ1v) is 6.29. The fourth-order valence-electron chi connectivity index (χ4n) is 1.64. The minimum Gasteiger partial charge on any atom is -0.383 e. The Labute approximate surface area is 99.4 Å². The molecule has 2 rings (SSSR count). The standard InChI is InChI=1S/C12H16N2OS/c1-3-6-14-8-10(7-13-14)12(15)11-5-4-9(2)16-11/h4-5,7-8,12,15H,3,6H2,1-2H3. The van der Waals surface area contributed by atoms with E-state index in [1.165, 1.54) is 4.88 Å². The van der Waals surface area contributed by atoms with Gasteiger partial charge in [-0.1, -0.05) is 6.92 Å². The molecule has 0 aromatic carbocycles. The molecule has 2 aromatic heterocycles. The minimum absolute atomic E-state index is 0.538. The van der Waals surface area contributed by atoms with Gasteiger partial charge in [0.2, 0.25) is 0 Å². The van der Waals surface area contributed by atoms with E-state index < -0.39 is 6.10 Å². The fourth-order valence-corrected chi connectivity index (χ4v) is 2.53. The average molecular weight is 236 g/mol. The second-order valence-electron chi connectivity index (χ2n) is 3.89. The molecule has 0 amide bonds. The first-order valence-electron chi connectivity index (χ1n) is 5.47. The summed E-state index contributed by atoms with van der Waals surface area (Å²) in [7, 11) is 0.